The van der Waals surface area contributed by atoms with Gasteiger partial charge in [0.15, 0.2) is 0 Å². The molecule has 90 valence electrons. The number of rotatable bonds is 6. The van der Waals surface area contributed by atoms with Crippen LogP contribution >= 0.6 is 11.6 Å². The Bertz CT molecular complexity index is 347. The number of furan rings is 1. The molecule has 0 aliphatic rings. The normalized spacial score (nSPS) is 10.4. The van der Waals surface area contributed by atoms with Crippen LogP contribution in [0, 0.1) is 13.8 Å². The second-order valence-electron chi connectivity index (χ2n) is 3.83. The maximum absolute atomic E-state index is 11.7. The summed E-state index contributed by atoms with van der Waals surface area (Å²) < 4.78 is 5.30. The maximum Gasteiger partial charge on any atom is 0.254 e. The zero-order chi connectivity index (χ0) is 12.0. The summed E-state index contributed by atoms with van der Waals surface area (Å²) in [5.74, 6) is 2.08. The summed E-state index contributed by atoms with van der Waals surface area (Å²) in [5.41, 5.74) is 0.634. The van der Waals surface area contributed by atoms with Crippen LogP contribution in [0.15, 0.2) is 10.5 Å². The molecule has 0 atom stereocenters. The lowest BCUT2D eigenvalue weighted by Crippen LogP contribution is -2.24. The summed E-state index contributed by atoms with van der Waals surface area (Å²) in [6.07, 6.45) is 3.02. The molecule has 16 heavy (non-hydrogen) atoms. The first-order valence-electron chi connectivity index (χ1n) is 5.56. The molecule has 0 saturated heterocycles. The molecule has 0 radical (unpaired) electrons. The van der Waals surface area contributed by atoms with Crippen molar-refractivity contribution in [1.29, 1.82) is 0 Å². The maximum atomic E-state index is 11.7. The highest BCUT2D eigenvalue weighted by molar-refractivity contribution is 6.17. The monoisotopic (exact) mass is 243 g/mol. The number of nitrogens with one attached hydrogen (secondary N) is 1. The van der Waals surface area contributed by atoms with Gasteiger partial charge in [0.1, 0.15) is 11.5 Å². The van der Waals surface area contributed by atoms with Crippen molar-refractivity contribution in [3.63, 3.8) is 0 Å². The molecule has 0 saturated carbocycles. The minimum atomic E-state index is -0.0553. The van der Waals surface area contributed by atoms with Crippen molar-refractivity contribution in [2.75, 3.05) is 12.4 Å². The topological polar surface area (TPSA) is 42.2 Å². The van der Waals surface area contributed by atoms with E-state index in [1.807, 2.05) is 6.92 Å². The SMILES string of the molecule is Cc1cc(C(=O)NCCCCCCl)c(C)o1. The minimum Gasteiger partial charge on any atom is -0.466 e. The van der Waals surface area contributed by atoms with Gasteiger partial charge in [-0.3, -0.25) is 4.79 Å². The van der Waals surface area contributed by atoms with Crippen molar-refractivity contribution in [3.8, 4) is 0 Å². The highest BCUT2D eigenvalue weighted by Crippen LogP contribution is 2.13. The van der Waals surface area contributed by atoms with Crippen molar-refractivity contribution < 1.29 is 9.21 Å². The number of carbonyl (C=O) groups excluding carboxylic acids is 1. The summed E-state index contributed by atoms with van der Waals surface area (Å²) in [4.78, 5) is 11.7. The molecule has 0 aromatic carbocycles. The summed E-state index contributed by atoms with van der Waals surface area (Å²) in [6.45, 7) is 4.33. The lowest BCUT2D eigenvalue weighted by molar-refractivity contribution is 0.0951. The Kier molecular flexibility index (Phi) is 5.39. The van der Waals surface area contributed by atoms with Crippen molar-refractivity contribution in [1.82, 2.24) is 5.32 Å². The van der Waals surface area contributed by atoms with E-state index in [0.717, 1.165) is 25.0 Å². The van der Waals surface area contributed by atoms with Gasteiger partial charge in [0, 0.05) is 12.4 Å². The number of carbonyl (C=O) groups is 1. The molecule has 1 heterocycles. The zero-order valence-electron chi connectivity index (χ0n) is 9.81. The number of aryl methyl sites for hydroxylation is 2. The van der Waals surface area contributed by atoms with Crippen LogP contribution in [-0.2, 0) is 0 Å². The summed E-state index contributed by atoms with van der Waals surface area (Å²) in [6, 6.07) is 1.77. The number of unbranched alkanes of at least 4 members (excludes halogenated alkanes) is 2. The fraction of sp³-hybridized carbons (Fsp3) is 0.583. The summed E-state index contributed by atoms with van der Waals surface area (Å²) in [5, 5.41) is 2.87. The predicted molar refractivity (Wildman–Crippen MR) is 65.1 cm³/mol. The van der Waals surface area contributed by atoms with Crippen LogP contribution in [0.2, 0.25) is 0 Å². The predicted octanol–water partition coefficient (Wildman–Crippen LogP) is 3.04. The van der Waals surface area contributed by atoms with Gasteiger partial charge < -0.3 is 9.73 Å². The first-order valence-corrected chi connectivity index (χ1v) is 6.10. The Morgan fingerprint density at radius 3 is 2.69 bits per heavy atom. The Morgan fingerprint density at radius 2 is 2.12 bits per heavy atom. The molecule has 4 heteroatoms. The van der Waals surface area contributed by atoms with Gasteiger partial charge in [-0.2, -0.15) is 0 Å². The van der Waals surface area contributed by atoms with E-state index in [-0.39, 0.29) is 5.91 Å². The van der Waals surface area contributed by atoms with Crippen molar-refractivity contribution in [2.24, 2.45) is 0 Å². The molecule has 1 amide bonds. The van der Waals surface area contributed by atoms with E-state index >= 15 is 0 Å². The molecule has 0 aliphatic carbocycles. The molecule has 0 spiro atoms. The van der Waals surface area contributed by atoms with Gasteiger partial charge in [0.25, 0.3) is 5.91 Å². The van der Waals surface area contributed by atoms with Crippen LogP contribution in [0.1, 0.15) is 41.1 Å². The van der Waals surface area contributed by atoms with Crippen LogP contribution in [0.3, 0.4) is 0 Å². The summed E-state index contributed by atoms with van der Waals surface area (Å²) in [7, 11) is 0. The molecule has 0 aliphatic heterocycles. The first kappa shape index (κ1) is 13.1. The van der Waals surface area contributed by atoms with Crippen molar-refractivity contribution in [3.05, 3.63) is 23.2 Å². The highest BCUT2D eigenvalue weighted by Gasteiger charge is 2.12. The molecular weight excluding hydrogens is 226 g/mol. The third kappa shape index (κ3) is 3.89. The number of hydrogen-bond acceptors (Lipinski definition) is 2. The van der Waals surface area contributed by atoms with Gasteiger partial charge in [-0.05, 0) is 32.8 Å². The lowest BCUT2D eigenvalue weighted by atomic mass is 10.2. The third-order valence-electron chi connectivity index (χ3n) is 2.38. The van der Waals surface area contributed by atoms with Gasteiger partial charge >= 0.3 is 0 Å². The second kappa shape index (κ2) is 6.59. The van der Waals surface area contributed by atoms with E-state index in [2.05, 4.69) is 5.32 Å². The van der Waals surface area contributed by atoms with Crippen molar-refractivity contribution >= 4 is 17.5 Å². The molecule has 0 unspecified atom stereocenters. The molecule has 1 N–H and O–H groups in total. The van der Waals surface area contributed by atoms with Crippen LogP contribution in [0.4, 0.5) is 0 Å². The van der Waals surface area contributed by atoms with Gasteiger partial charge in [-0.1, -0.05) is 6.42 Å². The standard InChI is InChI=1S/C12H18ClNO2/c1-9-8-11(10(2)16-9)12(15)14-7-5-3-4-6-13/h8H,3-7H2,1-2H3,(H,14,15). The van der Waals surface area contributed by atoms with Crippen LogP contribution in [-0.4, -0.2) is 18.3 Å². The number of hydrogen-bond donors (Lipinski definition) is 1. The molecule has 1 rings (SSSR count). The largest absolute Gasteiger partial charge is 0.466 e. The Morgan fingerprint density at radius 1 is 1.38 bits per heavy atom. The number of amides is 1. The van der Waals surface area contributed by atoms with Crippen molar-refractivity contribution in [2.45, 2.75) is 33.1 Å². The Labute approximate surface area is 101 Å². The molecule has 3 nitrogen and oxygen atoms in total. The molecule has 1 aromatic heterocycles. The molecule has 0 fully saturated rings. The van der Waals surface area contributed by atoms with Crippen LogP contribution in [0.5, 0.6) is 0 Å². The van der Waals surface area contributed by atoms with Crippen LogP contribution in [0.25, 0.3) is 0 Å². The number of halogens is 1. The van der Waals surface area contributed by atoms with Gasteiger partial charge in [0.2, 0.25) is 0 Å². The Balaban J connectivity index is 2.33. The van der Waals surface area contributed by atoms with Crippen LogP contribution < -0.4 is 5.32 Å². The molecule has 0 bridgehead atoms. The lowest BCUT2D eigenvalue weighted by Gasteiger charge is -2.03. The second-order valence-corrected chi connectivity index (χ2v) is 4.21. The fourth-order valence-electron chi connectivity index (χ4n) is 1.55. The van der Waals surface area contributed by atoms with E-state index < -0.39 is 0 Å². The van der Waals surface area contributed by atoms with Gasteiger partial charge in [-0.25, -0.2) is 0 Å². The minimum absolute atomic E-state index is 0.0553. The average molecular weight is 244 g/mol. The fourth-order valence-corrected chi connectivity index (χ4v) is 1.74. The quantitative estimate of drug-likeness (QED) is 0.616. The van der Waals surface area contributed by atoms with E-state index in [9.17, 15) is 4.79 Å². The first-order chi connectivity index (χ1) is 7.65. The zero-order valence-corrected chi connectivity index (χ0v) is 10.6. The van der Waals surface area contributed by atoms with E-state index in [1.165, 1.54) is 0 Å². The van der Waals surface area contributed by atoms with E-state index in [1.54, 1.807) is 13.0 Å². The summed E-state index contributed by atoms with van der Waals surface area (Å²) >= 11 is 5.56. The average Bonchev–Trinajstić information content (AvgIpc) is 2.57. The molecular formula is C12H18ClNO2. The third-order valence-corrected chi connectivity index (χ3v) is 2.65. The molecule has 1 aromatic rings. The Hall–Kier alpha value is -0.960. The van der Waals surface area contributed by atoms with E-state index in [4.69, 9.17) is 16.0 Å². The smallest absolute Gasteiger partial charge is 0.254 e. The number of alkyl halides is 1. The highest BCUT2D eigenvalue weighted by atomic mass is 35.5. The van der Waals surface area contributed by atoms with Gasteiger partial charge in [-0.15, -0.1) is 11.6 Å². The van der Waals surface area contributed by atoms with Gasteiger partial charge in [0.05, 0.1) is 5.56 Å². The van der Waals surface area contributed by atoms with E-state index in [0.29, 0.717) is 23.7 Å².